The van der Waals surface area contributed by atoms with E-state index in [0.29, 0.717) is 5.57 Å². The second-order valence-corrected chi connectivity index (χ2v) is 3.93. The van der Waals surface area contributed by atoms with Gasteiger partial charge in [0, 0.05) is 5.57 Å². The van der Waals surface area contributed by atoms with Crippen LogP contribution in [0.4, 0.5) is 0 Å². The first-order chi connectivity index (χ1) is 6.70. The molecule has 2 heteroatoms. The van der Waals surface area contributed by atoms with Crippen molar-refractivity contribution >= 4 is 22.4 Å². The van der Waals surface area contributed by atoms with Crippen molar-refractivity contribution in [2.24, 2.45) is 0 Å². The maximum atomic E-state index is 11.3. The molecule has 0 fully saturated rings. The summed E-state index contributed by atoms with van der Waals surface area (Å²) in [6.45, 7) is 1.98. The Morgan fingerprint density at radius 1 is 1.29 bits per heavy atom. The van der Waals surface area contributed by atoms with Gasteiger partial charge in [0.2, 0.25) is 0 Å². The van der Waals surface area contributed by atoms with Crippen molar-refractivity contribution in [3.05, 3.63) is 41.0 Å². The highest BCUT2D eigenvalue weighted by Gasteiger charge is 2.19. The molecule has 0 N–H and O–H groups in total. The minimum Gasteiger partial charge on any atom is -0.276 e. The second-order valence-electron chi connectivity index (χ2n) is 3.59. The highest BCUT2D eigenvalue weighted by atomic mass is 35.5. The summed E-state index contributed by atoms with van der Waals surface area (Å²) >= 11 is 5.58. The van der Waals surface area contributed by atoms with Crippen LogP contribution < -0.4 is 0 Å². The summed E-state index contributed by atoms with van der Waals surface area (Å²) in [5.74, 6) is 0. The molecule has 0 spiro atoms. The highest BCUT2D eigenvalue weighted by Crippen LogP contribution is 2.32. The zero-order valence-electron chi connectivity index (χ0n) is 8.01. The lowest BCUT2D eigenvalue weighted by atomic mass is 9.87. The van der Waals surface area contributed by atoms with Gasteiger partial charge in [-0.15, -0.1) is 0 Å². The number of halogens is 1. The monoisotopic (exact) mass is 206 g/mol. The zero-order valence-corrected chi connectivity index (χ0v) is 8.77. The largest absolute Gasteiger partial charge is 0.276 e. The predicted molar refractivity (Wildman–Crippen MR) is 58.2 cm³/mol. The van der Waals surface area contributed by atoms with Crippen molar-refractivity contribution in [2.45, 2.75) is 19.8 Å². The van der Waals surface area contributed by atoms with Gasteiger partial charge >= 0.3 is 0 Å². The van der Waals surface area contributed by atoms with E-state index in [2.05, 4.69) is 6.07 Å². The first-order valence-electron chi connectivity index (χ1n) is 4.68. The molecule has 1 aliphatic carbocycles. The number of benzene rings is 1. The van der Waals surface area contributed by atoms with Crippen molar-refractivity contribution in [1.29, 1.82) is 0 Å². The van der Waals surface area contributed by atoms with Crippen LogP contribution in [-0.2, 0) is 11.2 Å². The fourth-order valence-corrected chi connectivity index (χ4v) is 2.20. The van der Waals surface area contributed by atoms with Crippen LogP contribution >= 0.6 is 11.6 Å². The van der Waals surface area contributed by atoms with Gasteiger partial charge in [0.15, 0.2) is 0 Å². The van der Waals surface area contributed by atoms with Crippen LogP contribution in [-0.4, -0.2) is 5.24 Å². The molecule has 0 bridgehead atoms. The Labute approximate surface area is 88.4 Å². The Morgan fingerprint density at radius 3 is 2.71 bits per heavy atom. The summed E-state index contributed by atoms with van der Waals surface area (Å²) in [4.78, 5) is 11.3. The Balaban J connectivity index is 2.62. The molecule has 14 heavy (non-hydrogen) atoms. The molecule has 0 heterocycles. The molecule has 0 saturated heterocycles. The average molecular weight is 207 g/mol. The lowest BCUT2D eigenvalue weighted by Crippen LogP contribution is -2.07. The van der Waals surface area contributed by atoms with Crippen LogP contribution in [0.25, 0.3) is 5.57 Å². The maximum Gasteiger partial charge on any atom is 0.252 e. The number of fused-ring (bicyclic) bond motifs is 1. The summed E-state index contributed by atoms with van der Waals surface area (Å²) in [5, 5.41) is -0.338. The fourth-order valence-electron chi connectivity index (χ4n) is 1.93. The van der Waals surface area contributed by atoms with Gasteiger partial charge in [-0.05, 0) is 42.5 Å². The number of carbonyl (C=O) groups excluding carboxylic acids is 1. The Kier molecular flexibility index (Phi) is 2.42. The van der Waals surface area contributed by atoms with Gasteiger partial charge in [-0.25, -0.2) is 0 Å². The van der Waals surface area contributed by atoms with Gasteiger partial charge in [0.25, 0.3) is 5.24 Å². The summed E-state index contributed by atoms with van der Waals surface area (Å²) in [7, 11) is 0. The van der Waals surface area contributed by atoms with Crippen LogP contribution in [0.2, 0.25) is 0 Å². The number of hydrogen-bond donors (Lipinski definition) is 0. The molecule has 0 radical (unpaired) electrons. The molecule has 1 aromatic rings. The molecular weight excluding hydrogens is 196 g/mol. The highest BCUT2D eigenvalue weighted by molar-refractivity contribution is 6.74. The molecule has 0 aliphatic heterocycles. The van der Waals surface area contributed by atoms with Gasteiger partial charge < -0.3 is 0 Å². The molecule has 2 rings (SSSR count). The lowest BCUT2D eigenvalue weighted by Gasteiger charge is -2.18. The molecule has 1 aromatic carbocycles. The Bertz CT molecular complexity index is 418. The lowest BCUT2D eigenvalue weighted by molar-refractivity contribution is -0.107. The van der Waals surface area contributed by atoms with Crippen LogP contribution in [0, 0.1) is 0 Å². The van der Waals surface area contributed by atoms with Crippen molar-refractivity contribution < 1.29 is 4.79 Å². The van der Waals surface area contributed by atoms with Gasteiger partial charge in [-0.1, -0.05) is 29.8 Å². The third kappa shape index (κ3) is 1.48. The van der Waals surface area contributed by atoms with E-state index in [1.54, 1.807) is 0 Å². The average Bonchev–Trinajstić information content (AvgIpc) is 2.17. The molecular formula is C12H11ClO. The number of aryl methyl sites for hydroxylation is 1. The SMILES string of the molecule is CC1=C(C(=O)Cl)c2ccccc2CC1. The third-order valence-electron chi connectivity index (χ3n) is 2.68. The minimum atomic E-state index is -0.338. The first-order valence-corrected chi connectivity index (χ1v) is 5.06. The molecule has 0 aromatic heterocycles. The number of rotatable bonds is 1. The van der Waals surface area contributed by atoms with E-state index in [1.165, 1.54) is 5.56 Å². The molecule has 0 unspecified atom stereocenters. The fraction of sp³-hybridized carbons (Fsp3) is 0.250. The van der Waals surface area contributed by atoms with E-state index in [-0.39, 0.29) is 5.24 Å². The maximum absolute atomic E-state index is 11.3. The summed E-state index contributed by atoms with van der Waals surface area (Å²) in [6.07, 6.45) is 1.94. The van der Waals surface area contributed by atoms with Crippen molar-refractivity contribution in [2.75, 3.05) is 0 Å². The predicted octanol–water partition coefficient (Wildman–Crippen LogP) is 3.17. The molecule has 1 aliphatic rings. The standard InChI is InChI=1S/C12H11ClO/c1-8-6-7-9-4-2-3-5-10(9)11(8)12(13)14/h2-5H,6-7H2,1H3. The van der Waals surface area contributed by atoms with E-state index in [9.17, 15) is 4.79 Å². The zero-order chi connectivity index (χ0) is 10.1. The topological polar surface area (TPSA) is 17.1 Å². The van der Waals surface area contributed by atoms with E-state index >= 15 is 0 Å². The van der Waals surface area contributed by atoms with Crippen LogP contribution in [0.5, 0.6) is 0 Å². The normalized spacial score (nSPS) is 15.3. The third-order valence-corrected chi connectivity index (χ3v) is 2.87. The molecule has 0 atom stereocenters. The van der Waals surface area contributed by atoms with Crippen LogP contribution in [0.15, 0.2) is 29.8 Å². The van der Waals surface area contributed by atoms with Gasteiger partial charge in [-0.2, -0.15) is 0 Å². The van der Waals surface area contributed by atoms with Gasteiger partial charge in [-0.3, -0.25) is 4.79 Å². The second kappa shape index (κ2) is 3.58. The molecule has 0 saturated carbocycles. The minimum absolute atomic E-state index is 0.338. The van der Waals surface area contributed by atoms with Crippen molar-refractivity contribution in [3.8, 4) is 0 Å². The van der Waals surface area contributed by atoms with Crippen LogP contribution in [0.3, 0.4) is 0 Å². The quantitative estimate of drug-likeness (QED) is 0.645. The number of hydrogen-bond acceptors (Lipinski definition) is 1. The van der Waals surface area contributed by atoms with Crippen molar-refractivity contribution in [1.82, 2.24) is 0 Å². The first kappa shape index (κ1) is 9.47. The molecule has 0 amide bonds. The number of carbonyl (C=O) groups is 1. The van der Waals surface area contributed by atoms with E-state index in [4.69, 9.17) is 11.6 Å². The smallest absolute Gasteiger partial charge is 0.252 e. The van der Waals surface area contributed by atoms with E-state index in [1.807, 2.05) is 25.1 Å². The van der Waals surface area contributed by atoms with Gasteiger partial charge in [0.1, 0.15) is 0 Å². The Hall–Kier alpha value is -1.08. The Morgan fingerprint density at radius 2 is 2.00 bits per heavy atom. The number of allylic oxidation sites excluding steroid dienone is 2. The summed E-state index contributed by atoms with van der Waals surface area (Å²) in [6, 6.07) is 7.96. The molecule has 72 valence electrons. The van der Waals surface area contributed by atoms with E-state index in [0.717, 1.165) is 24.0 Å². The summed E-state index contributed by atoms with van der Waals surface area (Å²) < 4.78 is 0. The van der Waals surface area contributed by atoms with Crippen LogP contribution in [0.1, 0.15) is 24.5 Å². The van der Waals surface area contributed by atoms with Crippen molar-refractivity contribution in [3.63, 3.8) is 0 Å². The van der Waals surface area contributed by atoms with Gasteiger partial charge in [0.05, 0.1) is 0 Å². The summed E-state index contributed by atoms with van der Waals surface area (Å²) in [5.41, 5.74) is 4.04. The van der Waals surface area contributed by atoms with E-state index < -0.39 is 0 Å². The molecule has 1 nitrogen and oxygen atoms in total.